The molecule has 0 atom stereocenters. The van der Waals surface area contributed by atoms with Crippen molar-refractivity contribution in [2.45, 2.75) is 13.1 Å². The van der Waals surface area contributed by atoms with Gasteiger partial charge in [0.15, 0.2) is 0 Å². The lowest BCUT2D eigenvalue weighted by molar-refractivity contribution is 0.321. The van der Waals surface area contributed by atoms with E-state index in [1.807, 2.05) is 17.8 Å². The van der Waals surface area contributed by atoms with E-state index in [0.717, 1.165) is 31.9 Å². The van der Waals surface area contributed by atoms with Gasteiger partial charge in [0.05, 0.1) is 11.2 Å². The van der Waals surface area contributed by atoms with E-state index in [9.17, 15) is 0 Å². The monoisotopic (exact) mass is 262 g/mol. The summed E-state index contributed by atoms with van der Waals surface area (Å²) in [4.78, 5) is 10.6. The smallest absolute Gasteiger partial charge is 0.0795 e. The molecule has 5 heteroatoms. The molecule has 0 amide bonds. The second-order valence-electron chi connectivity index (χ2n) is 4.26. The summed E-state index contributed by atoms with van der Waals surface area (Å²) in [5.41, 5.74) is 4.25. The molecule has 2 aromatic heterocycles. The summed E-state index contributed by atoms with van der Waals surface area (Å²) in [6, 6.07) is 4.05. The van der Waals surface area contributed by atoms with Gasteiger partial charge in [-0.15, -0.1) is 11.3 Å². The fraction of sp³-hybridized carbons (Fsp3) is 0.385. The van der Waals surface area contributed by atoms with E-state index in [0.29, 0.717) is 0 Å². The standard InChI is InChI=1S/C13H18N4S/c1-17(9-13-10-18-11-16-13)6-5-15-8-12-3-2-4-14-7-12/h2-4,7,10-11,15H,5-6,8-9H2,1H3. The quantitative estimate of drug-likeness (QED) is 0.772. The Kier molecular flexibility index (Phi) is 5.26. The van der Waals surface area contributed by atoms with Crippen molar-refractivity contribution in [1.82, 2.24) is 20.2 Å². The van der Waals surface area contributed by atoms with Crippen molar-refractivity contribution >= 4 is 11.3 Å². The minimum atomic E-state index is 0.873. The van der Waals surface area contributed by atoms with Crippen LogP contribution in [0.1, 0.15) is 11.3 Å². The van der Waals surface area contributed by atoms with E-state index in [4.69, 9.17) is 0 Å². The first-order chi connectivity index (χ1) is 8.84. The number of nitrogens with zero attached hydrogens (tertiary/aromatic N) is 3. The Hall–Kier alpha value is -1.30. The second kappa shape index (κ2) is 7.20. The molecule has 2 heterocycles. The highest BCUT2D eigenvalue weighted by Gasteiger charge is 2.01. The van der Waals surface area contributed by atoms with Gasteiger partial charge in [-0.2, -0.15) is 0 Å². The largest absolute Gasteiger partial charge is 0.311 e. The zero-order valence-electron chi connectivity index (χ0n) is 10.5. The Morgan fingerprint density at radius 1 is 1.44 bits per heavy atom. The maximum atomic E-state index is 4.28. The predicted molar refractivity (Wildman–Crippen MR) is 74.4 cm³/mol. The molecule has 4 nitrogen and oxygen atoms in total. The van der Waals surface area contributed by atoms with E-state index < -0.39 is 0 Å². The van der Waals surface area contributed by atoms with Crippen molar-refractivity contribution in [2.75, 3.05) is 20.1 Å². The summed E-state index contributed by atoms with van der Waals surface area (Å²) in [6.45, 7) is 3.77. The Labute approximate surface area is 112 Å². The first-order valence-electron chi connectivity index (χ1n) is 6.00. The highest BCUT2D eigenvalue weighted by Crippen LogP contribution is 2.03. The first kappa shape index (κ1) is 13.1. The number of likely N-dealkylation sites (N-methyl/N-ethyl adjacent to an activating group) is 1. The average Bonchev–Trinajstić information content (AvgIpc) is 2.89. The third-order valence-corrected chi connectivity index (χ3v) is 3.27. The van der Waals surface area contributed by atoms with Gasteiger partial charge < -0.3 is 5.32 Å². The van der Waals surface area contributed by atoms with Gasteiger partial charge in [-0.3, -0.25) is 9.88 Å². The molecule has 0 spiro atoms. The lowest BCUT2D eigenvalue weighted by atomic mass is 10.3. The van der Waals surface area contributed by atoms with Crippen LogP contribution in [0.15, 0.2) is 35.4 Å². The van der Waals surface area contributed by atoms with Crippen LogP contribution in [0.25, 0.3) is 0 Å². The fourth-order valence-corrected chi connectivity index (χ4v) is 2.23. The molecule has 0 aliphatic carbocycles. The first-order valence-corrected chi connectivity index (χ1v) is 6.94. The van der Waals surface area contributed by atoms with Crippen LogP contribution in [0.4, 0.5) is 0 Å². The van der Waals surface area contributed by atoms with Crippen molar-refractivity contribution in [3.05, 3.63) is 46.7 Å². The van der Waals surface area contributed by atoms with Gasteiger partial charge in [0, 0.05) is 44.0 Å². The molecule has 0 saturated heterocycles. The summed E-state index contributed by atoms with van der Waals surface area (Å²) >= 11 is 1.65. The molecule has 0 aromatic carbocycles. The van der Waals surface area contributed by atoms with Crippen LogP contribution in [0.5, 0.6) is 0 Å². The molecule has 2 aromatic rings. The average molecular weight is 262 g/mol. The molecule has 0 saturated carbocycles. The number of hydrogen-bond acceptors (Lipinski definition) is 5. The van der Waals surface area contributed by atoms with Crippen LogP contribution >= 0.6 is 11.3 Å². The molecule has 1 N–H and O–H groups in total. The van der Waals surface area contributed by atoms with Gasteiger partial charge in [-0.05, 0) is 18.7 Å². The Bertz CT molecular complexity index is 430. The van der Waals surface area contributed by atoms with E-state index in [1.54, 1.807) is 17.5 Å². The van der Waals surface area contributed by atoms with Gasteiger partial charge in [0.1, 0.15) is 0 Å². The minimum Gasteiger partial charge on any atom is -0.311 e. The van der Waals surface area contributed by atoms with E-state index in [2.05, 4.69) is 38.7 Å². The van der Waals surface area contributed by atoms with Crippen molar-refractivity contribution in [3.63, 3.8) is 0 Å². The highest BCUT2D eigenvalue weighted by atomic mass is 32.1. The number of thiazole rings is 1. The third kappa shape index (κ3) is 4.52. The number of rotatable bonds is 7. The van der Waals surface area contributed by atoms with Gasteiger partial charge in [-0.1, -0.05) is 6.07 Å². The Balaban J connectivity index is 1.60. The molecule has 0 fully saturated rings. The van der Waals surface area contributed by atoms with E-state index in [-0.39, 0.29) is 0 Å². The molecule has 18 heavy (non-hydrogen) atoms. The van der Waals surface area contributed by atoms with Crippen LogP contribution in [-0.4, -0.2) is 35.0 Å². The van der Waals surface area contributed by atoms with E-state index >= 15 is 0 Å². The molecule has 2 rings (SSSR count). The van der Waals surface area contributed by atoms with Crippen molar-refractivity contribution in [1.29, 1.82) is 0 Å². The maximum Gasteiger partial charge on any atom is 0.0795 e. The number of nitrogens with one attached hydrogen (secondary N) is 1. The van der Waals surface area contributed by atoms with Crippen LogP contribution < -0.4 is 5.32 Å². The molecular weight excluding hydrogens is 244 g/mol. The van der Waals surface area contributed by atoms with Gasteiger partial charge in [0.2, 0.25) is 0 Å². The normalized spacial score (nSPS) is 11.0. The third-order valence-electron chi connectivity index (χ3n) is 2.64. The maximum absolute atomic E-state index is 4.28. The van der Waals surface area contributed by atoms with Crippen LogP contribution in [0.3, 0.4) is 0 Å². The fourth-order valence-electron chi connectivity index (χ4n) is 1.68. The number of hydrogen-bond donors (Lipinski definition) is 1. The van der Waals surface area contributed by atoms with Crippen LogP contribution in [0.2, 0.25) is 0 Å². The summed E-state index contributed by atoms with van der Waals surface area (Å²) in [5, 5.41) is 5.51. The minimum absolute atomic E-state index is 0.873. The second-order valence-corrected chi connectivity index (χ2v) is 4.97. The number of aromatic nitrogens is 2. The van der Waals surface area contributed by atoms with Crippen LogP contribution in [0, 0.1) is 0 Å². The molecule has 0 radical (unpaired) electrons. The summed E-state index contributed by atoms with van der Waals surface area (Å²) < 4.78 is 0. The van der Waals surface area contributed by atoms with Gasteiger partial charge in [0.25, 0.3) is 0 Å². The summed E-state index contributed by atoms with van der Waals surface area (Å²) in [5.74, 6) is 0. The summed E-state index contributed by atoms with van der Waals surface area (Å²) in [6.07, 6.45) is 3.69. The molecule has 96 valence electrons. The molecule has 0 bridgehead atoms. The van der Waals surface area contributed by atoms with Gasteiger partial charge in [-0.25, -0.2) is 4.98 Å². The SMILES string of the molecule is CN(CCNCc1cccnc1)Cc1cscn1. The molecule has 0 unspecified atom stereocenters. The van der Waals surface area contributed by atoms with E-state index in [1.165, 1.54) is 5.56 Å². The molecule has 0 aliphatic rings. The number of pyridine rings is 1. The van der Waals surface area contributed by atoms with Crippen molar-refractivity contribution in [2.24, 2.45) is 0 Å². The highest BCUT2D eigenvalue weighted by molar-refractivity contribution is 7.07. The summed E-state index contributed by atoms with van der Waals surface area (Å²) in [7, 11) is 2.12. The zero-order valence-corrected chi connectivity index (χ0v) is 11.4. The lowest BCUT2D eigenvalue weighted by Crippen LogP contribution is -2.28. The Morgan fingerprint density at radius 3 is 3.11 bits per heavy atom. The lowest BCUT2D eigenvalue weighted by Gasteiger charge is -2.15. The zero-order chi connectivity index (χ0) is 12.6. The van der Waals surface area contributed by atoms with Crippen LogP contribution in [-0.2, 0) is 13.1 Å². The topological polar surface area (TPSA) is 41.0 Å². The van der Waals surface area contributed by atoms with Crippen molar-refractivity contribution < 1.29 is 0 Å². The Morgan fingerprint density at radius 2 is 2.39 bits per heavy atom. The van der Waals surface area contributed by atoms with Crippen molar-refractivity contribution in [3.8, 4) is 0 Å². The molecular formula is C13H18N4S. The predicted octanol–water partition coefficient (Wildman–Crippen LogP) is 1.76. The van der Waals surface area contributed by atoms with Gasteiger partial charge >= 0.3 is 0 Å². The molecule has 0 aliphatic heterocycles.